The molecule has 168 valence electrons. The Bertz CT molecular complexity index is 1070. The molecule has 0 bridgehead atoms. The first-order valence-corrected chi connectivity index (χ1v) is 12.5. The Kier molecular flexibility index (Phi) is 6.39. The second-order valence-electron chi connectivity index (χ2n) is 8.77. The van der Waals surface area contributed by atoms with E-state index in [1.807, 2.05) is 11.7 Å². The molecular formula is C25H31N5OS. The fraction of sp³-hybridized carbons (Fsp3) is 0.440. The lowest BCUT2D eigenvalue weighted by Crippen LogP contribution is -2.46. The van der Waals surface area contributed by atoms with Crippen molar-refractivity contribution in [1.29, 1.82) is 0 Å². The van der Waals surface area contributed by atoms with Crippen LogP contribution in [-0.4, -0.2) is 64.8 Å². The first kappa shape index (κ1) is 21.4. The molecule has 1 aromatic carbocycles. The van der Waals surface area contributed by atoms with E-state index in [0.717, 1.165) is 69.8 Å². The summed E-state index contributed by atoms with van der Waals surface area (Å²) in [6.45, 7) is 7.15. The maximum Gasteiger partial charge on any atom is 0.272 e. The van der Waals surface area contributed by atoms with Crippen molar-refractivity contribution < 1.29 is 4.79 Å². The smallest absolute Gasteiger partial charge is 0.272 e. The van der Waals surface area contributed by atoms with Gasteiger partial charge in [0.15, 0.2) is 5.69 Å². The molecule has 0 unspecified atom stereocenters. The highest BCUT2D eigenvalue weighted by molar-refractivity contribution is 7.10. The Hall–Kier alpha value is -2.48. The van der Waals surface area contributed by atoms with E-state index in [-0.39, 0.29) is 5.91 Å². The Morgan fingerprint density at radius 2 is 1.84 bits per heavy atom. The minimum absolute atomic E-state index is 0.0341. The van der Waals surface area contributed by atoms with Crippen LogP contribution in [0.1, 0.15) is 32.9 Å². The van der Waals surface area contributed by atoms with E-state index in [1.165, 1.54) is 16.0 Å². The first-order chi connectivity index (χ1) is 15.7. The molecule has 0 atom stereocenters. The molecule has 6 nitrogen and oxygen atoms in total. The van der Waals surface area contributed by atoms with Gasteiger partial charge in [0.25, 0.3) is 5.91 Å². The monoisotopic (exact) mass is 449 g/mol. The van der Waals surface area contributed by atoms with Gasteiger partial charge >= 0.3 is 0 Å². The van der Waals surface area contributed by atoms with Gasteiger partial charge < -0.3 is 10.2 Å². The summed E-state index contributed by atoms with van der Waals surface area (Å²) in [5, 5.41) is 9.82. The maximum atomic E-state index is 12.8. The number of aromatic nitrogens is 2. The zero-order valence-corrected chi connectivity index (χ0v) is 19.5. The molecule has 2 aliphatic rings. The summed E-state index contributed by atoms with van der Waals surface area (Å²) in [4.78, 5) is 19.3. The number of nitrogens with one attached hydrogen (secondary N) is 1. The lowest BCUT2D eigenvalue weighted by Gasteiger charge is -2.34. The van der Waals surface area contributed by atoms with E-state index in [9.17, 15) is 4.79 Å². The zero-order valence-electron chi connectivity index (χ0n) is 18.7. The third-order valence-corrected chi connectivity index (χ3v) is 7.59. The van der Waals surface area contributed by atoms with Crippen molar-refractivity contribution in [3.05, 3.63) is 63.5 Å². The quantitative estimate of drug-likeness (QED) is 0.563. The van der Waals surface area contributed by atoms with E-state index in [1.54, 1.807) is 11.3 Å². The summed E-state index contributed by atoms with van der Waals surface area (Å²) < 4.78 is 1.88. The van der Waals surface area contributed by atoms with Gasteiger partial charge in [0, 0.05) is 62.3 Å². The Labute approximate surface area is 193 Å². The third-order valence-electron chi connectivity index (χ3n) is 6.61. The second kappa shape index (κ2) is 9.57. The van der Waals surface area contributed by atoms with Crippen molar-refractivity contribution in [2.45, 2.75) is 25.8 Å². The van der Waals surface area contributed by atoms with E-state index < -0.39 is 0 Å². The van der Waals surface area contributed by atoms with Crippen LogP contribution in [0, 0.1) is 0 Å². The van der Waals surface area contributed by atoms with Gasteiger partial charge in [-0.2, -0.15) is 5.10 Å². The minimum atomic E-state index is -0.0341. The van der Waals surface area contributed by atoms with Gasteiger partial charge in [0.05, 0.1) is 5.69 Å². The molecule has 5 rings (SSSR count). The van der Waals surface area contributed by atoms with Crippen LogP contribution in [0.3, 0.4) is 0 Å². The molecule has 0 saturated carbocycles. The van der Waals surface area contributed by atoms with Crippen LogP contribution in [-0.2, 0) is 26.4 Å². The highest BCUT2D eigenvalue weighted by atomic mass is 32.1. The van der Waals surface area contributed by atoms with Gasteiger partial charge in [-0.1, -0.05) is 30.3 Å². The van der Waals surface area contributed by atoms with Crippen molar-refractivity contribution >= 4 is 17.2 Å². The summed E-state index contributed by atoms with van der Waals surface area (Å²) in [5.74, 6) is -0.0341. The summed E-state index contributed by atoms with van der Waals surface area (Å²) in [7, 11) is 1.94. The SMILES string of the molecule is Cn1nc(C(=O)NCCCN2CCN(Cc3ccccc3)CC2)c2c1-c1ccsc1CC2. The Balaban J connectivity index is 1.07. The van der Waals surface area contributed by atoms with Gasteiger partial charge in [-0.25, -0.2) is 0 Å². The van der Waals surface area contributed by atoms with Gasteiger partial charge in [-0.15, -0.1) is 11.3 Å². The van der Waals surface area contributed by atoms with Gasteiger partial charge in [0.2, 0.25) is 0 Å². The average molecular weight is 450 g/mol. The van der Waals surface area contributed by atoms with Crippen LogP contribution in [0.4, 0.5) is 0 Å². The number of amides is 1. The van der Waals surface area contributed by atoms with Crippen LogP contribution in [0.5, 0.6) is 0 Å². The summed E-state index contributed by atoms with van der Waals surface area (Å²) >= 11 is 1.80. The molecule has 1 saturated heterocycles. The lowest BCUT2D eigenvalue weighted by molar-refractivity contribution is 0.0940. The fourth-order valence-electron chi connectivity index (χ4n) is 4.91. The topological polar surface area (TPSA) is 53.4 Å². The number of carbonyl (C=O) groups excluding carboxylic acids is 1. The van der Waals surface area contributed by atoms with Gasteiger partial charge in [-0.3, -0.25) is 14.4 Å². The number of piperazine rings is 1. The van der Waals surface area contributed by atoms with Crippen LogP contribution in [0.15, 0.2) is 41.8 Å². The first-order valence-electron chi connectivity index (χ1n) is 11.6. The van der Waals surface area contributed by atoms with E-state index in [0.29, 0.717) is 12.2 Å². The number of thiophene rings is 1. The molecule has 3 heterocycles. The number of nitrogens with zero attached hydrogens (tertiary/aromatic N) is 4. The molecule has 1 aliphatic heterocycles. The number of rotatable bonds is 7. The van der Waals surface area contributed by atoms with E-state index in [2.05, 4.69) is 62.0 Å². The highest BCUT2D eigenvalue weighted by Gasteiger charge is 2.27. The number of benzene rings is 1. The normalized spacial score (nSPS) is 16.5. The molecule has 7 heteroatoms. The molecule has 0 radical (unpaired) electrons. The van der Waals surface area contributed by atoms with Gasteiger partial charge in [-0.05, 0) is 42.8 Å². The molecule has 32 heavy (non-hydrogen) atoms. The number of carbonyl (C=O) groups is 1. The van der Waals surface area contributed by atoms with E-state index in [4.69, 9.17) is 0 Å². The highest BCUT2D eigenvalue weighted by Crippen LogP contribution is 2.37. The minimum Gasteiger partial charge on any atom is -0.351 e. The second-order valence-corrected chi connectivity index (χ2v) is 9.77. The fourth-order valence-corrected chi connectivity index (χ4v) is 5.79. The lowest BCUT2D eigenvalue weighted by atomic mass is 9.94. The van der Waals surface area contributed by atoms with Crippen molar-refractivity contribution in [3.63, 3.8) is 0 Å². The number of hydrogen-bond acceptors (Lipinski definition) is 5. The predicted octanol–water partition coefficient (Wildman–Crippen LogP) is 3.18. The van der Waals surface area contributed by atoms with Gasteiger partial charge in [0.1, 0.15) is 0 Å². The molecule has 1 amide bonds. The van der Waals surface area contributed by atoms with E-state index >= 15 is 0 Å². The van der Waals surface area contributed by atoms with Crippen LogP contribution in [0.2, 0.25) is 0 Å². The third kappa shape index (κ3) is 4.51. The predicted molar refractivity (Wildman–Crippen MR) is 129 cm³/mol. The zero-order chi connectivity index (χ0) is 21.9. The Morgan fingerprint density at radius 3 is 2.66 bits per heavy atom. The molecule has 1 N–H and O–H groups in total. The molecule has 2 aromatic heterocycles. The summed E-state index contributed by atoms with van der Waals surface area (Å²) in [6.07, 6.45) is 2.86. The summed E-state index contributed by atoms with van der Waals surface area (Å²) in [6, 6.07) is 12.9. The standard InChI is InChI=1S/C25H31N5OS/c1-28-24-20-10-17-32-22(20)9-8-21(24)23(27-28)25(31)26-11-5-12-29-13-15-30(16-14-29)18-19-6-3-2-4-7-19/h2-4,6-7,10,17H,5,8-9,11-16,18H2,1H3,(H,26,31). The molecular weight excluding hydrogens is 418 g/mol. The Morgan fingerprint density at radius 1 is 1.06 bits per heavy atom. The van der Waals surface area contributed by atoms with Crippen molar-refractivity contribution in [1.82, 2.24) is 24.9 Å². The molecule has 0 spiro atoms. The number of hydrogen-bond donors (Lipinski definition) is 1. The number of fused-ring (bicyclic) bond motifs is 3. The van der Waals surface area contributed by atoms with Crippen molar-refractivity contribution in [2.75, 3.05) is 39.3 Å². The number of aryl methyl sites for hydroxylation is 2. The van der Waals surface area contributed by atoms with Crippen LogP contribution in [0.25, 0.3) is 11.3 Å². The van der Waals surface area contributed by atoms with Crippen molar-refractivity contribution in [2.24, 2.45) is 7.05 Å². The van der Waals surface area contributed by atoms with Crippen LogP contribution < -0.4 is 5.32 Å². The average Bonchev–Trinajstić information content (AvgIpc) is 3.42. The summed E-state index contributed by atoms with van der Waals surface area (Å²) in [5.41, 5.74) is 5.46. The molecule has 3 aromatic rings. The largest absolute Gasteiger partial charge is 0.351 e. The van der Waals surface area contributed by atoms with Crippen LogP contribution >= 0.6 is 11.3 Å². The molecule has 1 fully saturated rings. The molecule has 1 aliphatic carbocycles. The van der Waals surface area contributed by atoms with Crippen molar-refractivity contribution in [3.8, 4) is 11.3 Å². The maximum absolute atomic E-state index is 12.8.